The minimum Gasteiger partial charge on any atom is -0.376 e. The van der Waals surface area contributed by atoms with E-state index < -0.39 is 0 Å². The molecule has 130 valence electrons. The first-order valence-electron chi connectivity index (χ1n) is 8.31. The molecule has 1 heterocycles. The van der Waals surface area contributed by atoms with Crippen LogP contribution in [0, 0.1) is 0 Å². The zero-order valence-corrected chi connectivity index (χ0v) is 15.4. The second-order valence-corrected chi connectivity index (χ2v) is 6.82. The molecule has 0 atom stereocenters. The molecule has 6 heteroatoms. The Kier molecular flexibility index (Phi) is 5.71. The van der Waals surface area contributed by atoms with Crippen molar-refractivity contribution in [2.75, 3.05) is 30.3 Å². The fourth-order valence-corrected chi connectivity index (χ4v) is 3.19. The normalized spacial score (nSPS) is 13.6. The van der Waals surface area contributed by atoms with Crippen molar-refractivity contribution in [3.05, 3.63) is 58.6 Å². The van der Waals surface area contributed by atoms with Gasteiger partial charge in [0.2, 0.25) is 5.91 Å². The van der Waals surface area contributed by atoms with Crippen molar-refractivity contribution in [3.63, 3.8) is 0 Å². The predicted molar refractivity (Wildman–Crippen MR) is 103 cm³/mol. The van der Waals surface area contributed by atoms with Gasteiger partial charge in [0, 0.05) is 28.8 Å². The van der Waals surface area contributed by atoms with E-state index in [4.69, 9.17) is 0 Å². The van der Waals surface area contributed by atoms with Crippen LogP contribution in [0.5, 0.6) is 0 Å². The monoisotopic (exact) mass is 401 g/mol. The first kappa shape index (κ1) is 17.5. The molecule has 0 radical (unpaired) electrons. The highest BCUT2D eigenvalue weighted by molar-refractivity contribution is 9.10. The fraction of sp³-hybridized carbons (Fsp3) is 0.263. The predicted octanol–water partition coefficient (Wildman–Crippen LogP) is 3.74. The Morgan fingerprint density at radius 3 is 2.56 bits per heavy atom. The first-order valence-corrected chi connectivity index (χ1v) is 9.10. The smallest absolute Gasteiger partial charge is 0.253 e. The van der Waals surface area contributed by atoms with Crippen molar-refractivity contribution in [1.29, 1.82) is 0 Å². The number of rotatable bonds is 5. The van der Waals surface area contributed by atoms with Crippen LogP contribution in [0.2, 0.25) is 0 Å². The van der Waals surface area contributed by atoms with Gasteiger partial charge in [-0.25, -0.2) is 0 Å². The molecule has 0 spiro atoms. The fourth-order valence-electron chi connectivity index (χ4n) is 2.80. The molecular formula is C19H20BrN3O2. The molecule has 25 heavy (non-hydrogen) atoms. The lowest BCUT2D eigenvalue weighted by Crippen LogP contribution is -2.27. The molecule has 2 aromatic carbocycles. The number of para-hydroxylation sites is 1. The summed E-state index contributed by atoms with van der Waals surface area (Å²) in [5.41, 5.74) is 2.14. The minimum atomic E-state index is -0.150. The Labute approximate surface area is 155 Å². The molecule has 0 saturated carbocycles. The van der Waals surface area contributed by atoms with E-state index in [0.717, 1.165) is 41.8 Å². The third kappa shape index (κ3) is 4.60. The van der Waals surface area contributed by atoms with Crippen molar-refractivity contribution < 1.29 is 9.59 Å². The lowest BCUT2D eigenvalue weighted by molar-refractivity contribution is -0.114. The van der Waals surface area contributed by atoms with Crippen molar-refractivity contribution in [1.82, 2.24) is 4.90 Å². The molecular weight excluding hydrogens is 382 g/mol. The average molecular weight is 402 g/mol. The maximum absolute atomic E-state index is 12.4. The first-order chi connectivity index (χ1) is 12.1. The Hall–Kier alpha value is -2.34. The summed E-state index contributed by atoms with van der Waals surface area (Å²) >= 11 is 3.40. The van der Waals surface area contributed by atoms with Crippen LogP contribution in [-0.4, -0.2) is 36.3 Å². The van der Waals surface area contributed by atoms with Crippen molar-refractivity contribution in [3.8, 4) is 0 Å². The summed E-state index contributed by atoms with van der Waals surface area (Å²) in [7, 11) is 0. The number of likely N-dealkylation sites (tertiary alicyclic amines) is 1. The number of amides is 2. The van der Waals surface area contributed by atoms with Gasteiger partial charge in [-0.05, 0) is 59.1 Å². The van der Waals surface area contributed by atoms with Gasteiger partial charge >= 0.3 is 0 Å². The zero-order chi connectivity index (χ0) is 17.6. The molecule has 1 aliphatic heterocycles. The van der Waals surface area contributed by atoms with Gasteiger partial charge in [0.25, 0.3) is 5.91 Å². The van der Waals surface area contributed by atoms with E-state index in [9.17, 15) is 9.59 Å². The van der Waals surface area contributed by atoms with Crippen LogP contribution in [0.25, 0.3) is 0 Å². The number of hydrogen-bond donors (Lipinski definition) is 2. The quantitative estimate of drug-likeness (QED) is 0.801. The number of carbonyl (C=O) groups excluding carboxylic acids is 2. The molecule has 5 nitrogen and oxygen atoms in total. The van der Waals surface area contributed by atoms with Crippen molar-refractivity contribution in [2.24, 2.45) is 0 Å². The summed E-state index contributed by atoms with van der Waals surface area (Å²) < 4.78 is 0.835. The highest BCUT2D eigenvalue weighted by Gasteiger charge is 2.19. The van der Waals surface area contributed by atoms with Gasteiger partial charge in [-0.1, -0.05) is 18.2 Å². The van der Waals surface area contributed by atoms with E-state index in [1.165, 1.54) is 0 Å². The molecule has 0 unspecified atom stereocenters. The Morgan fingerprint density at radius 2 is 1.80 bits per heavy atom. The lowest BCUT2D eigenvalue weighted by atomic mass is 10.1. The summed E-state index contributed by atoms with van der Waals surface area (Å²) in [5.74, 6) is -0.0954. The topological polar surface area (TPSA) is 61.4 Å². The van der Waals surface area contributed by atoms with E-state index in [-0.39, 0.29) is 18.4 Å². The molecule has 2 amide bonds. The summed E-state index contributed by atoms with van der Waals surface area (Å²) in [4.78, 5) is 26.4. The number of nitrogens with one attached hydrogen (secondary N) is 2. The standard InChI is InChI=1S/C19H20BrN3O2/c20-16-8-1-2-9-17(16)22-18(24)13-21-15-7-5-6-14(12-15)19(25)23-10-3-4-11-23/h1-2,5-9,12,21H,3-4,10-11,13H2,(H,22,24). The van der Waals surface area contributed by atoms with Crippen LogP contribution in [0.15, 0.2) is 53.0 Å². The maximum Gasteiger partial charge on any atom is 0.253 e. The zero-order valence-electron chi connectivity index (χ0n) is 13.8. The van der Waals surface area contributed by atoms with E-state index >= 15 is 0 Å². The van der Waals surface area contributed by atoms with Crippen LogP contribution in [0.1, 0.15) is 23.2 Å². The van der Waals surface area contributed by atoms with Gasteiger partial charge in [0.05, 0.1) is 12.2 Å². The minimum absolute atomic E-state index is 0.0545. The number of nitrogens with zero attached hydrogens (tertiary/aromatic N) is 1. The van der Waals surface area contributed by atoms with Crippen LogP contribution < -0.4 is 10.6 Å². The number of benzene rings is 2. The molecule has 2 N–H and O–H groups in total. The molecule has 0 aromatic heterocycles. The molecule has 0 aliphatic carbocycles. The molecule has 1 fully saturated rings. The Morgan fingerprint density at radius 1 is 1.04 bits per heavy atom. The third-order valence-corrected chi connectivity index (χ3v) is 4.80. The van der Waals surface area contributed by atoms with Crippen molar-refractivity contribution in [2.45, 2.75) is 12.8 Å². The lowest BCUT2D eigenvalue weighted by Gasteiger charge is -2.16. The number of carbonyl (C=O) groups is 2. The number of anilines is 2. The van der Waals surface area contributed by atoms with Crippen LogP contribution in [0.3, 0.4) is 0 Å². The molecule has 2 aromatic rings. The van der Waals surface area contributed by atoms with Crippen LogP contribution >= 0.6 is 15.9 Å². The van der Waals surface area contributed by atoms with E-state index in [2.05, 4.69) is 26.6 Å². The van der Waals surface area contributed by atoms with Gasteiger partial charge < -0.3 is 15.5 Å². The van der Waals surface area contributed by atoms with Gasteiger partial charge in [0.15, 0.2) is 0 Å². The molecule has 1 saturated heterocycles. The van der Waals surface area contributed by atoms with E-state index in [0.29, 0.717) is 5.56 Å². The summed E-state index contributed by atoms with van der Waals surface area (Å²) in [6, 6.07) is 14.7. The largest absolute Gasteiger partial charge is 0.376 e. The third-order valence-electron chi connectivity index (χ3n) is 4.10. The van der Waals surface area contributed by atoms with Gasteiger partial charge in [-0.2, -0.15) is 0 Å². The maximum atomic E-state index is 12.4. The average Bonchev–Trinajstić information content (AvgIpc) is 3.16. The Bertz CT molecular complexity index is 773. The summed E-state index contributed by atoms with van der Waals surface area (Å²) in [6.45, 7) is 1.78. The highest BCUT2D eigenvalue weighted by Crippen LogP contribution is 2.21. The number of halogens is 1. The number of hydrogen-bond acceptors (Lipinski definition) is 3. The van der Waals surface area contributed by atoms with E-state index in [1.807, 2.05) is 47.4 Å². The summed E-state index contributed by atoms with van der Waals surface area (Å²) in [5, 5.41) is 5.91. The van der Waals surface area contributed by atoms with Crippen LogP contribution in [-0.2, 0) is 4.79 Å². The van der Waals surface area contributed by atoms with Gasteiger partial charge in [-0.3, -0.25) is 9.59 Å². The molecule has 3 rings (SSSR count). The highest BCUT2D eigenvalue weighted by atomic mass is 79.9. The molecule has 0 bridgehead atoms. The van der Waals surface area contributed by atoms with Gasteiger partial charge in [0.1, 0.15) is 0 Å². The second-order valence-electron chi connectivity index (χ2n) is 5.96. The SMILES string of the molecule is O=C(CNc1cccc(C(=O)N2CCCC2)c1)Nc1ccccc1Br. The Balaban J connectivity index is 1.58. The van der Waals surface area contributed by atoms with Crippen molar-refractivity contribution >= 4 is 39.1 Å². The van der Waals surface area contributed by atoms with Gasteiger partial charge in [-0.15, -0.1) is 0 Å². The van der Waals surface area contributed by atoms with E-state index in [1.54, 1.807) is 6.07 Å². The second kappa shape index (κ2) is 8.16. The summed E-state index contributed by atoms with van der Waals surface area (Å²) in [6.07, 6.45) is 2.14. The van der Waals surface area contributed by atoms with Crippen LogP contribution in [0.4, 0.5) is 11.4 Å². The molecule has 1 aliphatic rings.